The Kier molecular flexibility index (Phi) is 2.74. The maximum Gasteiger partial charge on any atom is 0.149 e. The third-order valence-corrected chi connectivity index (χ3v) is 2.28. The predicted molar refractivity (Wildman–Crippen MR) is 58.5 cm³/mol. The number of nitrogens with zero attached hydrogens (tertiary/aromatic N) is 1. The van der Waals surface area contributed by atoms with Crippen molar-refractivity contribution in [2.45, 2.75) is 0 Å². The summed E-state index contributed by atoms with van der Waals surface area (Å²) < 4.78 is 5.40. The molecule has 0 unspecified atom stereocenters. The smallest absolute Gasteiger partial charge is 0.149 e. The van der Waals surface area contributed by atoms with Gasteiger partial charge in [0.1, 0.15) is 17.7 Å². The highest BCUT2D eigenvalue weighted by Gasteiger charge is 2.06. The zero-order valence-electron chi connectivity index (χ0n) is 7.72. The van der Waals surface area contributed by atoms with Crippen molar-refractivity contribution in [3.63, 3.8) is 0 Å². The van der Waals surface area contributed by atoms with Crippen LogP contribution in [0.2, 0.25) is 5.02 Å². The van der Waals surface area contributed by atoms with E-state index < -0.39 is 0 Å². The highest BCUT2D eigenvalue weighted by molar-refractivity contribution is 6.33. The molecule has 2 aromatic rings. The standard InChI is InChI=1S/C11H8ClNO2/c12-10-4-2-1-3-9(10)11-6-5-8(15-11)7-13-14/h1-7,14H/b13-7+. The van der Waals surface area contributed by atoms with Gasteiger partial charge in [-0.25, -0.2) is 0 Å². The summed E-state index contributed by atoms with van der Waals surface area (Å²) in [7, 11) is 0. The van der Waals surface area contributed by atoms with Crippen molar-refractivity contribution in [2.75, 3.05) is 0 Å². The van der Waals surface area contributed by atoms with Crippen molar-refractivity contribution in [2.24, 2.45) is 5.16 Å². The highest BCUT2D eigenvalue weighted by Crippen LogP contribution is 2.28. The summed E-state index contributed by atoms with van der Waals surface area (Å²) in [6.45, 7) is 0. The Balaban J connectivity index is 2.42. The Morgan fingerprint density at radius 1 is 1.20 bits per heavy atom. The van der Waals surface area contributed by atoms with Gasteiger partial charge in [-0.15, -0.1) is 0 Å². The van der Waals surface area contributed by atoms with Gasteiger partial charge in [0, 0.05) is 5.56 Å². The molecule has 0 aliphatic carbocycles. The molecule has 0 saturated heterocycles. The summed E-state index contributed by atoms with van der Waals surface area (Å²) in [6.07, 6.45) is 1.22. The van der Waals surface area contributed by atoms with Gasteiger partial charge in [0.25, 0.3) is 0 Å². The number of hydrogen-bond donors (Lipinski definition) is 1. The van der Waals surface area contributed by atoms with E-state index in [1.807, 2.05) is 18.2 Å². The molecule has 0 spiro atoms. The first-order valence-corrected chi connectivity index (χ1v) is 4.71. The molecule has 0 saturated carbocycles. The summed E-state index contributed by atoms with van der Waals surface area (Å²) >= 11 is 6.00. The number of benzene rings is 1. The molecule has 76 valence electrons. The molecule has 0 atom stereocenters. The maximum absolute atomic E-state index is 8.34. The second-order valence-corrected chi connectivity index (χ2v) is 3.33. The molecule has 15 heavy (non-hydrogen) atoms. The number of hydrogen-bond acceptors (Lipinski definition) is 3. The quantitative estimate of drug-likeness (QED) is 0.480. The van der Waals surface area contributed by atoms with Crippen LogP contribution in [-0.2, 0) is 0 Å². The van der Waals surface area contributed by atoms with Crippen molar-refractivity contribution >= 4 is 17.8 Å². The molecule has 0 fully saturated rings. The van der Waals surface area contributed by atoms with Gasteiger partial charge in [0.2, 0.25) is 0 Å². The molecule has 1 heterocycles. The fraction of sp³-hybridized carbons (Fsp3) is 0. The van der Waals surface area contributed by atoms with Gasteiger partial charge in [-0.05, 0) is 24.3 Å². The van der Waals surface area contributed by atoms with E-state index in [0.29, 0.717) is 16.5 Å². The molecule has 2 rings (SSSR count). The van der Waals surface area contributed by atoms with Crippen LogP contribution in [0.1, 0.15) is 5.76 Å². The van der Waals surface area contributed by atoms with Crippen molar-refractivity contribution in [3.8, 4) is 11.3 Å². The van der Waals surface area contributed by atoms with Crippen LogP contribution in [0.25, 0.3) is 11.3 Å². The SMILES string of the molecule is O/N=C/c1ccc(-c2ccccc2Cl)o1. The number of oxime groups is 1. The van der Waals surface area contributed by atoms with Gasteiger partial charge in [0.15, 0.2) is 0 Å². The van der Waals surface area contributed by atoms with Gasteiger partial charge in [-0.1, -0.05) is 28.9 Å². The van der Waals surface area contributed by atoms with Crippen molar-refractivity contribution in [1.29, 1.82) is 0 Å². The molecule has 0 radical (unpaired) electrons. The van der Waals surface area contributed by atoms with Crippen molar-refractivity contribution in [1.82, 2.24) is 0 Å². The van der Waals surface area contributed by atoms with Gasteiger partial charge >= 0.3 is 0 Å². The lowest BCUT2D eigenvalue weighted by molar-refractivity contribution is 0.321. The normalized spacial score (nSPS) is 11.0. The molecule has 0 aliphatic heterocycles. The lowest BCUT2D eigenvalue weighted by atomic mass is 10.2. The average Bonchev–Trinajstić information content (AvgIpc) is 2.68. The van der Waals surface area contributed by atoms with E-state index in [0.717, 1.165) is 5.56 Å². The van der Waals surface area contributed by atoms with Gasteiger partial charge < -0.3 is 9.62 Å². The first-order valence-electron chi connectivity index (χ1n) is 4.33. The highest BCUT2D eigenvalue weighted by atomic mass is 35.5. The molecule has 4 heteroatoms. The van der Waals surface area contributed by atoms with Crippen LogP contribution in [0, 0.1) is 0 Å². The Labute approximate surface area is 91.6 Å². The summed E-state index contributed by atoms with van der Waals surface area (Å²) in [6, 6.07) is 10.9. The average molecular weight is 222 g/mol. The number of rotatable bonds is 2. The molecule has 3 nitrogen and oxygen atoms in total. The largest absolute Gasteiger partial charge is 0.455 e. The zero-order valence-corrected chi connectivity index (χ0v) is 8.48. The monoisotopic (exact) mass is 221 g/mol. The van der Waals surface area contributed by atoms with E-state index in [-0.39, 0.29) is 0 Å². The first-order chi connectivity index (χ1) is 7.31. The Morgan fingerprint density at radius 2 is 2.00 bits per heavy atom. The van der Waals surface area contributed by atoms with Gasteiger partial charge in [-0.3, -0.25) is 0 Å². The third-order valence-electron chi connectivity index (χ3n) is 1.95. The minimum Gasteiger partial charge on any atom is -0.455 e. The fourth-order valence-electron chi connectivity index (χ4n) is 1.28. The molecule has 1 aromatic heterocycles. The molecule has 0 amide bonds. The second kappa shape index (κ2) is 4.19. The second-order valence-electron chi connectivity index (χ2n) is 2.93. The van der Waals surface area contributed by atoms with Crippen LogP contribution in [0.4, 0.5) is 0 Å². The van der Waals surface area contributed by atoms with Crippen LogP contribution >= 0.6 is 11.6 Å². The van der Waals surface area contributed by atoms with E-state index in [4.69, 9.17) is 21.2 Å². The van der Waals surface area contributed by atoms with Crippen molar-refractivity contribution in [3.05, 3.63) is 47.2 Å². The topological polar surface area (TPSA) is 45.7 Å². The minimum absolute atomic E-state index is 0.479. The lowest BCUT2D eigenvalue weighted by Gasteiger charge is -1.98. The van der Waals surface area contributed by atoms with Crippen LogP contribution < -0.4 is 0 Å². The first kappa shape index (κ1) is 9.80. The number of furan rings is 1. The zero-order chi connectivity index (χ0) is 10.7. The third kappa shape index (κ3) is 2.02. The van der Waals surface area contributed by atoms with Crippen LogP contribution in [0.3, 0.4) is 0 Å². The molecule has 1 N–H and O–H groups in total. The van der Waals surface area contributed by atoms with Crippen LogP contribution in [-0.4, -0.2) is 11.4 Å². The summed E-state index contributed by atoms with van der Waals surface area (Å²) in [5.41, 5.74) is 0.816. The molecule has 0 bridgehead atoms. The van der Waals surface area contributed by atoms with Crippen LogP contribution in [0.15, 0.2) is 46.0 Å². The fourth-order valence-corrected chi connectivity index (χ4v) is 1.51. The van der Waals surface area contributed by atoms with E-state index in [1.54, 1.807) is 18.2 Å². The Hall–Kier alpha value is -1.74. The maximum atomic E-state index is 8.34. The molecular weight excluding hydrogens is 214 g/mol. The van der Waals surface area contributed by atoms with Crippen LogP contribution in [0.5, 0.6) is 0 Å². The van der Waals surface area contributed by atoms with E-state index in [9.17, 15) is 0 Å². The summed E-state index contributed by atoms with van der Waals surface area (Å²) in [4.78, 5) is 0. The van der Waals surface area contributed by atoms with E-state index in [1.165, 1.54) is 6.21 Å². The summed E-state index contributed by atoms with van der Waals surface area (Å²) in [5, 5.41) is 11.8. The minimum atomic E-state index is 0.479. The van der Waals surface area contributed by atoms with E-state index >= 15 is 0 Å². The molecular formula is C11H8ClNO2. The Bertz CT molecular complexity index is 491. The van der Waals surface area contributed by atoms with Gasteiger partial charge in [-0.2, -0.15) is 0 Å². The van der Waals surface area contributed by atoms with E-state index in [2.05, 4.69) is 5.16 Å². The van der Waals surface area contributed by atoms with Crippen molar-refractivity contribution < 1.29 is 9.62 Å². The number of halogens is 1. The van der Waals surface area contributed by atoms with Gasteiger partial charge in [0.05, 0.1) is 5.02 Å². The predicted octanol–water partition coefficient (Wildman–Crippen LogP) is 3.41. The molecule has 0 aliphatic rings. The Morgan fingerprint density at radius 3 is 2.73 bits per heavy atom. The summed E-state index contributed by atoms with van der Waals surface area (Å²) in [5.74, 6) is 1.13. The molecule has 1 aromatic carbocycles. The lowest BCUT2D eigenvalue weighted by Crippen LogP contribution is -1.75.